The molecule has 2 aromatic carbocycles. The quantitative estimate of drug-likeness (QED) is 0.593. The third-order valence-electron chi connectivity index (χ3n) is 4.25. The number of carbonyl (C=O) groups excluding carboxylic acids is 1. The summed E-state index contributed by atoms with van der Waals surface area (Å²) in [5.41, 5.74) is 2.09. The molecule has 0 aliphatic heterocycles. The Morgan fingerprint density at radius 1 is 1.19 bits per heavy atom. The lowest BCUT2D eigenvalue weighted by Crippen LogP contribution is -2.30. The van der Waals surface area contributed by atoms with Crippen LogP contribution >= 0.6 is 15.9 Å². The number of carbonyl (C=O) groups is 1. The highest BCUT2D eigenvalue weighted by Gasteiger charge is 2.08. The van der Waals surface area contributed by atoms with Crippen LogP contribution in [0.25, 0.3) is 10.8 Å². The van der Waals surface area contributed by atoms with E-state index in [2.05, 4.69) is 26.3 Å². The highest BCUT2D eigenvalue weighted by atomic mass is 79.9. The number of fused-ring (bicyclic) bond motifs is 1. The molecular formula is C20H22BrN3O2. The maximum Gasteiger partial charge on any atom is 0.257 e. The van der Waals surface area contributed by atoms with E-state index in [0.29, 0.717) is 12.3 Å². The normalized spacial score (nSPS) is 10.9. The summed E-state index contributed by atoms with van der Waals surface area (Å²) in [6, 6.07) is 13.9. The van der Waals surface area contributed by atoms with Crippen LogP contribution in [-0.2, 0) is 11.3 Å². The molecule has 5 nitrogen and oxygen atoms in total. The van der Waals surface area contributed by atoms with Crippen LogP contribution in [0.5, 0.6) is 5.75 Å². The average Bonchev–Trinajstić information content (AvgIpc) is 2.90. The van der Waals surface area contributed by atoms with Crippen molar-refractivity contribution >= 4 is 32.6 Å². The van der Waals surface area contributed by atoms with E-state index in [1.54, 1.807) is 0 Å². The van der Waals surface area contributed by atoms with Gasteiger partial charge in [0.1, 0.15) is 5.75 Å². The van der Waals surface area contributed by atoms with Crippen molar-refractivity contribution < 1.29 is 9.53 Å². The molecule has 26 heavy (non-hydrogen) atoms. The Bertz CT molecular complexity index is 921. The minimum absolute atomic E-state index is 0.0177. The highest BCUT2D eigenvalue weighted by molar-refractivity contribution is 9.10. The Hall–Kier alpha value is -2.34. The lowest BCUT2D eigenvalue weighted by atomic mass is 10.1. The molecule has 1 amide bonds. The fraction of sp³-hybridized carbons (Fsp3) is 0.300. The van der Waals surface area contributed by atoms with Crippen LogP contribution in [0.15, 0.2) is 46.9 Å². The molecule has 0 fully saturated rings. The molecule has 0 saturated heterocycles. The van der Waals surface area contributed by atoms with Gasteiger partial charge in [0.2, 0.25) is 0 Å². The SMILES string of the molecule is Cc1nn(CCCNC(=O)COc2ccc3ccccc3c2)c(C)c1Br. The van der Waals surface area contributed by atoms with Crippen molar-refractivity contribution in [2.75, 3.05) is 13.2 Å². The van der Waals surface area contributed by atoms with Crippen LogP contribution in [0, 0.1) is 13.8 Å². The lowest BCUT2D eigenvalue weighted by Gasteiger charge is -2.09. The van der Waals surface area contributed by atoms with Crippen LogP contribution in [0.3, 0.4) is 0 Å². The standard InChI is InChI=1S/C20H22BrN3O2/c1-14-20(21)15(2)24(23-14)11-5-10-22-19(25)13-26-18-9-8-16-6-3-4-7-17(16)12-18/h3-4,6-9,12H,5,10-11,13H2,1-2H3,(H,22,25). The summed E-state index contributed by atoms with van der Waals surface area (Å²) >= 11 is 3.52. The number of aryl methyl sites for hydroxylation is 2. The second-order valence-electron chi connectivity index (χ2n) is 6.21. The van der Waals surface area contributed by atoms with Crippen molar-refractivity contribution in [1.29, 1.82) is 0 Å². The molecule has 0 aliphatic carbocycles. The highest BCUT2D eigenvalue weighted by Crippen LogP contribution is 2.21. The molecule has 0 atom stereocenters. The molecule has 0 aliphatic rings. The molecule has 1 N–H and O–H groups in total. The predicted octanol–water partition coefficient (Wildman–Crippen LogP) is 4.00. The number of amides is 1. The van der Waals surface area contributed by atoms with Gasteiger partial charge >= 0.3 is 0 Å². The van der Waals surface area contributed by atoms with E-state index < -0.39 is 0 Å². The van der Waals surface area contributed by atoms with Gasteiger partial charge in [-0.05, 0) is 59.1 Å². The number of hydrogen-bond donors (Lipinski definition) is 1. The molecule has 3 aromatic rings. The van der Waals surface area contributed by atoms with Gasteiger partial charge in [-0.25, -0.2) is 0 Å². The zero-order valence-corrected chi connectivity index (χ0v) is 16.5. The summed E-state index contributed by atoms with van der Waals surface area (Å²) in [5, 5.41) is 9.60. The maximum atomic E-state index is 12.0. The first-order valence-electron chi connectivity index (χ1n) is 8.62. The summed E-state index contributed by atoms with van der Waals surface area (Å²) in [5.74, 6) is 0.582. The summed E-state index contributed by atoms with van der Waals surface area (Å²) in [7, 11) is 0. The summed E-state index contributed by atoms with van der Waals surface area (Å²) in [4.78, 5) is 12.0. The van der Waals surface area contributed by atoms with Gasteiger partial charge in [-0.2, -0.15) is 5.10 Å². The molecule has 1 heterocycles. The molecule has 136 valence electrons. The van der Waals surface area contributed by atoms with E-state index in [1.807, 2.05) is 61.0 Å². The summed E-state index contributed by atoms with van der Waals surface area (Å²) < 4.78 is 8.60. The Morgan fingerprint density at radius 2 is 1.96 bits per heavy atom. The van der Waals surface area contributed by atoms with Crippen LogP contribution in [0.2, 0.25) is 0 Å². The Labute approximate surface area is 161 Å². The van der Waals surface area contributed by atoms with Gasteiger partial charge in [-0.1, -0.05) is 30.3 Å². The smallest absolute Gasteiger partial charge is 0.257 e. The van der Waals surface area contributed by atoms with Crippen LogP contribution in [0.1, 0.15) is 17.8 Å². The summed E-state index contributed by atoms with van der Waals surface area (Å²) in [6.07, 6.45) is 0.816. The van der Waals surface area contributed by atoms with E-state index in [9.17, 15) is 4.79 Å². The molecule has 0 saturated carbocycles. The van der Waals surface area contributed by atoms with E-state index in [4.69, 9.17) is 4.74 Å². The molecule has 0 bridgehead atoms. The molecule has 0 radical (unpaired) electrons. The molecule has 1 aromatic heterocycles. The number of nitrogens with zero attached hydrogens (tertiary/aromatic N) is 2. The van der Waals surface area contributed by atoms with Crippen molar-refractivity contribution in [3.8, 4) is 5.75 Å². The maximum absolute atomic E-state index is 12.0. The third-order valence-corrected chi connectivity index (χ3v) is 5.40. The van der Waals surface area contributed by atoms with E-state index in [-0.39, 0.29) is 12.5 Å². The molecule has 6 heteroatoms. The second kappa shape index (κ2) is 8.36. The van der Waals surface area contributed by atoms with Crippen molar-refractivity contribution in [2.24, 2.45) is 0 Å². The van der Waals surface area contributed by atoms with Crippen LogP contribution in [-0.4, -0.2) is 28.8 Å². The fourth-order valence-corrected chi connectivity index (χ4v) is 3.09. The second-order valence-corrected chi connectivity index (χ2v) is 7.00. The third kappa shape index (κ3) is 4.43. The van der Waals surface area contributed by atoms with Crippen molar-refractivity contribution in [3.63, 3.8) is 0 Å². The first kappa shape index (κ1) is 18.5. The van der Waals surface area contributed by atoms with Gasteiger partial charge in [0.25, 0.3) is 5.91 Å². The summed E-state index contributed by atoms with van der Waals surface area (Å²) in [6.45, 7) is 5.38. The van der Waals surface area contributed by atoms with Crippen molar-refractivity contribution in [2.45, 2.75) is 26.8 Å². The van der Waals surface area contributed by atoms with Gasteiger partial charge in [0.05, 0.1) is 10.2 Å². The predicted molar refractivity (Wildman–Crippen MR) is 106 cm³/mol. The zero-order chi connectivity index (χ0) is 18.5. The molecular weight excluding hydrogens is 394 g/mol. The first-order valence-corrected chi connectivity index (χ1v) is 9.41. The lowest BCUT2D eigenvalue weighted by molar-refractivity contribution is -0.123. The number of halogens is 1. The van der Waals surface area contributed by atoms with E-state index in [1.165, 1.54) is 0 Å². The first-order chi connectivity index (χ1) is 12.5. The largest absolute Gasteiger partial charge is 0.484 e. The number of rotatable bonds is 7. The number of aromatic nitrogens is 2. The van der Waals surface area contributed by atoms with Gasteiger partial charge in [-0.3, -0.25) is 9.48 Å². The van der Waals surface area contributed by atoms with Gasteiger partial charge < -0.3 is 10.1 Å². The number of benzene rings is 2. The molecule has 0 spiro atoms. The average molecular weight is 416 g/mol. The Balaban J connectivity index is 1.41. The van der Waals surface area contributed by atoms with Crippen LogP contribution < -0.4 is 10.1 Å². The van der Waals surface area contributed by atoms with Gasteiger partial charge in [0.15, 0.2) is 6.61 Å². The topological polar surface area (TPSA) is 56.2 Å². The van der Waals surface area contributed by atoms with Crippen molar-refractivity contribution in [3.05, 3.63) is 58.3 Å². The molecule has 3 rings (SSSR count). The van der Waals surface area contributed by atoms with E-state index >= 15 is 0 Å². The Morgan fingerprint density at radius 3 is 2.69 bits per heavy atom. The van der Waals surface area contributed by atoms with Gasteiger partial charge in [-0.15, -0.1) is 0 Å². The van der Waals surface area contributed by atoms with Crippen LogP contribution in [0.4, 0.5) is 0 Å². The van der Waals surface area contributed by atoms with Crippen molar-refractivity contribution in [1.82, 2.24) is 15.1 Å². The fourth-order valence-electron chi connectivity index (χ4n) is 2.81. The minimum atomic E-state index is -0.118. The Kier molecular flexibility index (Phi) is 5.93. The van der Waals surface area contributed by atoms with Gasteiger partial charge in [0, 0.05) is 18.8 Å². The molecule has 0 unspecified atom stereocenters. The minimum Gasteiger partial charge on any atom is -0.484 e. The van der Waals surface area contributed by atoms with E-state index in [0.717, 1.165) is 39.6 Å². The zero-order valence-electron chi connectivity index (χ0n) is 15.0. The number of nitrogens with one attached hydrogen (secondary N) is 1. The number of hydrogen-bond acceptors (Lipinski definition) is 3. The number of ether oxygens (including phenoxy) is 1. The monoisotopic (exact) mass is 415 g/mol.